The maximum absolute atomic E-state index is 6.82. The van der Waals surface area contributed by atoms with Crippen LogP contribution >= 0.6 is 50.7 Å². The van der Waals surface area contributed by atoms with E-state index in [9.17, 15) is 0 Å². The lowest BCUT2D eigenvalue weighted by atomic mass is 10.1. The van der Waals surface area contributed by atoms with Crippen molar-refractivity contribution in [2.24, 2.45) is 5.84 Å². The number of anilines is 1. The van der Waals surface area contributed by atoms with E-state index >= 15 is 0 Å². The third-order valence-electron chi connectivity index (χ3n) is 4.11. The molecule has 4 aromatic rings. The Morgan fingerprint density at radius 3 is 2.41 bits per heavy atom. The quantitative estimate of drug-likeness (QED) is 0.273. The Hall–Kier alpha value is -1.83. The normalized spacial score (nSPS) is 11.1. The molecule has 0 amide bonds. The van der Waals surface area contributed by atoms with E-state index in [0.29, 0.717) is 37.7 Å². The zero-order valence-corrected chi connectivity index (χ0v) is 17.4. The van der Waals surface area contributed by atoms with Crippen LogP contribution in [0.2, 0.25) is 15.2 Å². The van der Waals surface area contributed by atoms with E-state index in [4.69, 9.17) is 40.6 Å². The van der Waals surface area contributed by atoms with Gasteiger partial charge in [-0.25, -0.2) is 15.8 Å². The number of halogens is 4. The molecule has 3 N–H and O–H groups in total. The Kier molecular flexibility index (Phi) is 5.01. The summed E-state index contributed by atoms with van der Waals surface area (Å²) in [6.07, 6.45) is 1.42. The van der Waals surface area contributed by atoms with Gasteiger partial charge in [-0.3, -0.25) is 4.57 Å². The predicted molar refractivity (Wildman–Crippen MR) is 115 cm³/mol. The summed E-state index contributed by atoms with van der Waals surface area (Å²) < 4.78 is 2.72. The molecule has 2 aromatic carbocycles. The lowest BCUT2D eigenvalue weighted by Crippen LogP contribution is -2.09. The highest BCUT2D eigenvalue weighted by Crippen LogP contribution is 2.43. The smallest absolute Gasteiger partial charge is 0.153 e. The molecule has 9 heteroatoms. The molecule has 0 aliphatic heterocycles. The molecular formula is C18H11BrCl3N5. The summed E-state index contributed by atoms with van der Waals surface area (Å²) in [4.78, 5) is 8.66. The van der Waals surface area contributed by atoms with Gasteiger partial charge >= 0.3 is 0 Å². The molecule has 0 saturated heterocycles. The van der Waals surface area contributed by atoms with E-state index in [1.54, 1.807) is 22.8 Å². The van der Waals surface area contributed by atoms with E-state index in [1.807, 2.05) is 24.3 Å². The summed E-state index contributed by atoms with van der Waals surface area (Å²) in [5.41, 5.74) is 5.49. The van der Waals surface area contributed by atoms with Crippen molar-refractivity contribution in [1.82, 2.24) is 14.5 Å². The van der Waals surface area contributed by atoms with E-state index in [1.165, 1.54) is 6.33 Å². The number of aromatic nitrogens is 3. The Morgan fingerprint density at radius 1 is 1.00 bits per heavy atom. The molecule has 0 aliphatic rings. The fourth-order valence-electron chi connectivity index (χ4n) is 2.96. The van der Waals surface area contributed by atoms with Crippen molar-refractivity contribution in [3.05, 3.63) is 68.5 Å². The lowest BCUT2D eigenvalue weighted by molar-refractivity contribution is 1.07. The highest BCUT2D eigenvalue weighted by Gasteiger charge is 2.23. The van der Waals surface area contributed by atoms with Crippen molar-refractivity contribution in [3.63, 3.8) is 0 Å². The summed E-state index contributed by atoms with van der Waals surface area (Å²) in [6, 6.07) is 13.0. The maximum atomic E-state index is 6.82. The predicted octanol–water partition coefficient (Wildman–Crippen LogP) is 6.10. The maximum Gasteiger partial charge on any atom is 0.153 e. The Labute approximate surface area is 178 Å². The SMILES string of the molecule is NNc1ncnc2c1c(-c1ccc(Br)cc1)c(Cl)n2-c1ccc(Cl)cc1Cl. The second-order valence-corrected chi connectivity index (χ2v) is 7.79. The molecule has 0 saturated carbocycles. The standard InChI is InChI=1S/C18H11BrCl3N5/c19-10-3-1-9(2-4-10)14-15-17(26-23)24-8-25-18(15)27(16(14)22)13-6-5-11(20)7-12(13)21/h1-8H,23H2,(H,24,25,26). The number of nitrogens with zero attached hydrogens (tertiary/aromatic N) is 3. The van der Waals surface area contributed by atoms with Gasteiger partial charge in [-0.15, -0.1) is 0 Å². The van der Waals surface area contributed by atoms with Crippen molar-refractivity contribution in [3.8, 4) is 16.8 Å². The van der Waals surface area contributed by atoms with E-state index in [2.05, 4.69) is 31.3 Å². The third-order valence-corrected chi connectivity index (χ3v) is 5.54. The summed E-state index contributed by atoms with van der Waals surface area (Å²) in [5.74, 6) is 6.15. The highest BCUT2D eigenvalue weighted by atomic mass is 79.9. The summed E-state index contributed by atoms with van der Waals surface area (Å²) in [5, 5.41) is 2.11. The molecule has 2 heterocycles. The van der Waals surface area contributed by atoms with Gasteiger partial charge in [0.25, 0.3) is 0 Å². The molecule has 4 rings (SSSR count). The topological polar surface area (TPSA) is 68.8 Å². The number of nitrogens with two attached hydrogens (primary N) is 1. The summed E-state index contributed by atoms with van der Waals surface area (Å²) in [7, 11) is 0. The molecule has 0 fully saturated rings. The van der Waals surface area contributed by atoms with Crippen LogP contribution in [0, 0.1) is 0 Å². The van der Waals surface area contributed by atoms with Gasteiger partial charge in [0, 0.05) is 15.1 Å². The fourth-order valence-corrected chi connectivity index (χ4v) is 4.09. The van der Waals surface area contributed by atoms with Gasteiger partial charge in [0.2, 0.25) is 0 Å². The molecule has 0 bridgehead atoms. The molecular weight excluding hydrogens is 472 g/mol. The fraction of sp³-hybridized carbons (Fsp3) is 0. The van der Waals surface area contributed by atoms with E-state index in [0.717, 1.165) is 15.6 Å². The van der Waals surface area contributed by atoms with Gasteiger partial charge in [0.1, 0.15) is 11.5 Å². The van der Waals surface area contributed by atoms with E-state index in [-0.39, 0.29) is 0 Å². The minimum absolute atomic E-state index is 0.438. The van der Waals surface area contributed by atoms with Crippen molar-refractivity contribution < 1.29 is 0 Å². The Morgan fingerprint density at radius 2 is 1.74 bits per heavy atom. The first kappa shape index (κ1) is 18.5. The first-order valence-electron chi connectivity index (χ1n) is 7.74. The number of nitrogen functional groups attached to an aromatic ring is 1. The molecule has 2 aromatic heterocycles. The molecule has 0 aliphatic carbocycles. The van der Waals surface area contributed by atoms with Crippen molar-refractivity contribution >= 4 is 67.6 Å². The number of hydrogen-bond acceptors (Lipinski definition) is 4. The minimum Gasteiger partial charge on any atom is -0.308 e. The van der Waals surface area contributed by atoms with Crippen molar-refractivity contribution in [2.75, 3.05) is 5.43 Å². The number of hydrogen-bond donors (Lipinski definition) is 2. The second-order valence-electron chi connectivity index (χ2n) is 5.67. The molecule has 136 valence electrons. The third kappa shape index (κ3) is 3.17. The number of nitrogens with one attached hydrogen (secondary N) is 1. The van der Waals surface area contributed by atoms with Gasteiger partial charge in [-0.1, -0.05) is 62.9 Å². The zero-order chi connectivity index (χ0) is 19.1. The van der Waals surface area contributed by atoms with Gasteiger partial charge in [-0.05, 0) is 35.9 Å². The molecule has 5 nitrogen and oxygen atoms in total. The van der Waals surface area contributed by atoms with Crippen LogP contribution in [0.25, 0.3) is 27.8 Å². The number of benzene rings is 2. The molecule has 0 spiro atoms. The van der Waals surface area contributed by atoms with Crippen molar-refractivity contribution in [2.45, 2.75) is 0 Å². The Balaban J connectivity index is 2.12. The van der Waals surface area contributed by atoms with Crippen LogP contribution in [0.15, 0.2) is 53.3 Å². The molecule has 27 heavy (non-hydrogen) atoms. The molecule has 0 unspecified atom stereocenters. The first-order chi connectivity index (χ1) is 13.0. The molecule has 0 atom stereocenters. The largest absolute Gasteiger partial charge is 0.308 e. The van der Waals surface area contributed by atoms with Gasteiger partial charge in [0.15, 0.2) is 11.5 Å². The van der Waals surface area contributed by atoms with Gasteiger partial charge in [0.05, 0.1) is 16.1 Å². The zero-order valence-electron chi connectivity index (χ0n) is 13.5. The van der Waals surface area contributed by atoms with Gasteiger partial charge < -0.3 is 5.43 Å². The van der Waals surface area contributed by atoms with Gasteiger partial charge in [-0.2, -0.15) is 0 Å². The van der Waals surface area contributed by atoms with Crippen LogP contribution in [0.5, 0.6) is 0 Å². The lowest BCUT2D eigenvalue weighted by Gasteiger charge is -2.09. The average Bonchev–Trinajstić information content (AvgIpc) is 2.95. The first-order valence-corrected chi connectivity index (χ1v) is 9.67. The number of rotatable bonds is 3. The van der Waals surface area contributed by atoms with Crippen molar-refractivity contribution in [1.29, 1.82) is 0 Å². The van der Waals surface area contributed by atoms with Crippen LogP contribution in [-0.2, 0) is 0 Å². The Bertz CT molecular complexity index is 1160. The van der Waals surface area contributed by atoms with Crippen LogP contribution < -0.4 is 11.3 Å². The average molecular weight is 484 g/mol. The van der Waals surface area contributed by atoms with E-state index < -0.39 is 0 Å². The number of hydrazine groups is 1. The minimum atomic E-state index is 0.438. The summed E-state index contributed by atoms with van der Waals surface area (Å²) in [6.45, 7) is 0. The second kappa shape index (κ2) is 7.30. The molecule has 0 radical (unpaired) electrons. The van der Waals surface area contributed by atoms with Crippen LogP contribution in [-0.4, -0.2) is 14.5 Å². The monoisotopic (exact) mass is 481 g/mol. The highest BCUT2D eigenvalue weighted by molar-refractivity contribution is 9.10. The van der Waals surface area contributed by atoms with Crippen LogP contribution in [0.3, 0.4) is 0 Å². The number of fused-ring (bicyclic) bond motifs is 1. The summed E-state index contributed by atoms with van der Waals surface area (Å²) >= 11 is 22.7. The van der Waals surface area contributed by atoms with Crippen LogP contribution in [0.4, 0.5) is 5.82 Å². The van der Waals surface area contributed by atoms with Crippen LogP contribution in [0.1, 0.15) is 0 Å².